The van der Waals surface area contributed by atoms with Crippen molar-refractivity contribution in [3.63, 3.8) is 0 Å². The molecule has 3 fully saturated rings. The van der Waals surface area contributed by atoms with Crippen LogP contribution in [-0.4, -0.2) is 107 Å². The normalized spacial score (nSPS) is 19.4. The number of carboxylic acid groups (broad SMARTS) is 1. The summed E-state index contributed by atoms with van der Waals surface area (Å²) in [5.41, 5.74) is 4.86. The number of nitrogens with zero attached hydrogens (tertiary/aromatic N) is 1. The first-order valence-electron chi connectivity index (χ1n) is 18.6. The fraction of sp³-hybridized carbons (Fsp3) is 0.553. The Morgan fingerprint density at radius 3 is 2.20 bits per heavy atom. The van der Waals surface area contributed by atoms with Crippen LogP contribution in [0.2, 0.25) is 0 Å². The first-order valence-corrected chi connectivity index (χ1v) is 18.6. The van der Waals surface area contributed by atoms with Crippen LogP contribution >= 0.6 is 0 Å². The third-order valence-corrected chi connectivity index (χ3v) is 10.2. The van der Waals surface area contributed by atoms with Crippen molar-refractivity contribution in [1.82, 2.24) is 26.2 Å². The van der Waals surface area contributed by atoms with Crippen LogP contribution in [0.3, 0.4) is 0 Å². The number of primary amides is 1. The van der Waals surface area contributed by atoms with Gasteiger partial charge >= 0.3 is 11.9 Å². The summed E-state index contributed by atoms with van der Waals surface area (Å²) >= 11 is 0. The number of hydrogen-bond acceptors (Lipinski definition) is 10. The van der Waals surface area contributed by atoms with E-state index in [1.165, 1.54) is 44.4 Å². The number of allylic oxidation sites excluding steroid dienone is 1. The molecule has 55 heavy (non-hydrogen) atoms. The van der Waals surface area contributed by atoms with Gasteiger partial charge in [-0.1, -0.05) is 50.3 Å². The number of rotatable bonds is 18. The molecule has 1 heterocycles. The number of methoxy groups -OCH3 is 1. The number of esters is 1. The van der Waals surface area contributed by atoms with Crippen LogP contribution in [0.15, 0.2) is 36.4 Å². The first-order chi connectivity index (χ1) is 26.2. The number of aromatic carboxylic acids is 1. The Morgan fingerprint density at radius 2 is 1.58 bits per heavy atom. The van der Waals surface area contributed by atoms with E-state index in [9.17, 15) is 48.3 Å². The van der Waals surface area contributed by atoms with E-state index >= 15 is 0 Å². The molecule has 2 aliphatic carbocycles. The Balaban J connectivity index is 1.55. The minimum atomic E-state index is -1.35. The second kappa shape index (κ2) is 19.6. The molecule has 298 valence electrons. The van der Waals surface area contributed by atoms with Gasteiger partial charge < -0.3 is 41.7 Å². The van der Waals surface area contributed by atoms with Crippen molar-refractivity contribution in [1.29, 1.82) is 0 Å². The Morgan fingerprint density at radius 1 is 0.909 bits per heavy atom. The predicted molar refractivity (Wildman–Crippen MR) is 195 cm³/mol. The maximum absolute atomic E-state index is 14.2. The maximum atomic E-state index is 14.2. The van der Waals surface area contributed by atoms with Gasteiger partial charge in [0.2, 0.25) is 29.5 Å². The van der Waals surface area contributed by atoms with Crippen LogP contribution in [0.1, 0.15) is 98.3 Å². The van der Waals surface area contributed by atoms with Crippen LogP contribution in [0.4, 0.5) is 0 Å². The minimum Gasteiger partial charge on any atom is -0.478 e. The predicted octanol–water partition coefficient (Wildman–Crippen LogP) is 0.503. The fourth-order valence-electron chi connectivity index (χ4n) is 6.91. The minimum absolute atomic E-state index is 0.0587. The van der Waals surface area contributed by atoms with Gasteiger partial charge in [-0.25, -0.2) is 9.59 Å². The molecule has 7 N–H and O–H groups in total. The van der Waals surface area contributed by atoms with E-state index in [-0.39, 0.29) is 48.6 Å². The lowest BCUT2D eigenvalue weighted by Crippen LogP contribution is -2.60. The van der Waals surface area contributed by atoms with Crippen molar-refractivity contribution in [3.05, 3.63) is 47.5 Å². The zero-order valence-corrected chi connectivity index (χ0v) is 31.0. The zero-order valence-electron chi connectivity index (χ0n) is 31.0. The van der Waals surface area contributed by atoms with Crippen LogP contribution in [0.25, 0.3) is 0 Å². The van der Waals surface area contributed by atoms with E-state index < -0.39 is 89.9 Å². The summed E-state index contributed by atoms with van der Waals surface area (Å²) in [7, 11) is 1.20. The van der Waals surface area contributed by atoms with E-state index in [1.54, 1.807) is 0 Å². The molecule has 0 bridgehead atoms. The number of nitrogens with one attached hydrogen (secondary N) is 4. The molecule has 1 aromatic carbocycles. The summed E-state index contributed by atoms with van der Waals surface area (Å²) in [5, 5.41) is 20.2. The highest BCUT2D eigenvalue weighted by atomic mass is 16.5. The smallest absolute Gasteiger partial charge is 0.336 e. The standard InChI is InChI=1S/C38H50N6O11/c1-21(32(39)47)40-36(51)31(23-10-4-3-5-11-23)43-35(50)29-19-24(45)20-44(29)37(52)28(18-22-16-17-22)42-34(49)27(14-8-9-15-30(46)55-2)41-33(48)25-12-6-7-13-26(25)38(53)54/h6-7,9,12-13,15,21-23,27-29,31H,3-5,8,10-11,14,16-20H2,1-2H3,(H2,39,47)(H,40,51)(H,41,48)(H,42,49)(H,43,50)(H,53,54)/b15-9+/t21-,27-,28-,29-,31-/m0/s1. The Bertz CT molecular complexity index is 1690. The van der Waals surface area contributed by atoms with Gasteiger partial charge in [-0.3, -0.25) is 33.6 Å². The van der Waals surface area contributed by atoms with E-state index in [2.05, 4.69) is 26.0 Å². The maximum Gasteiger partial charge on any atom is 0.336 e. The number of carbonyl (C=O) groups excluding carboxylic acids is 8. The quantitative estimate of drug-likeness (QED) is 0.0886. The van der Waals surface area contributed by atoms with Crippen molar-refractivity contribution >= 4 is 53.2 Å². The van der Waals surface area contributed by atoms with E-state index in [4.69, 9.17) is 5.73 Å². The highest BCUT2D eigenvalue weighted by molar-refractivity contribution is 6.06. The van der Waals surface area contributed by atoms with Gasteiger partial charge in [0.15, 0.2) is 5.78 Å². The SMILES string of the molecule is COC(=O)/C=C/CC[C@H](NC(=O)c1ccccc1C(=O)O)C(=O)N[C@@H](CC1CC1)C(=O)N1CC(=O)C[C@H]1C(=O)N[C@H](C(=O)N[C@@H](C)C(N)=O)C1CCCCC1. The highest BCUT2D eigenvalue weighted by Gasteiger charge is 2.44. The number of amides is 6. The molecule has 1 saturated heterocycles. The van der Waals surface area contributed by atoms with E-state index in [0.717, 1.165) is 43.1 Å². The molecular weight excluding hydrogens is 716 g/mol. The lowest BCUT2D eigenvalue weighted by atomic mass is 9.83. The van der Waals surface area contributed by atoms with E-state index in [0.29, 0.717) is 12.8 Å². The molecule has 17 heteroatoms. The Kier molecular flexibility index (Phi) is 15.0. The van der Waals surface area contributed by atoms with Crippen molar-refractivity contribution in [2.24, 2.45) is 17.6 Å². The van der Waals surface area contributed by atoms with Gasteiger partial charge in [-0.05, 0) is 63.0 Å². The highest BCUT2D eigenvalue weighted by Crippen LogP contribution is 2.34. The van der Waals surface area contributed by atoms with Gasteiger partial charge in [-0.2, -0.15) is 0 Å². The largest absolute Gasteiger partial charge is 0.478 e. The molecule has 4 rings (SSSR count). The molecule has 0 unspecified atom stereocenters. The van der Waals surface area contributed by atoms with Gasteiger partial charge in [0.25, 0.3) is 5.91 Å². The second-order valence-electron chi connectivity index (χ2n) is 14.4. The number of ketones is 1. The number of hydrogen-bond donors (Lipinski definition) is 6. The summed E-state index contributed by atoms with van der Waals surface area (Å²) in [4.78, 5) is 118. The first kappa shape index (κ1) is 42.1. The van der Waals surface area contributed by atoms with Crippen molar-refractivity contribution in [2.75, 3.05) is 13.7 Å². The molecule has 0 aromatic heterocycles. The van der Waals surface area contributed by atoms with Gasteiger partial charge in [0.1, 0.15) is 30.2 Å². The van der Waals surface area contributed by atoms with Crippen molar-refractivity contribution in [3.8, 4) is 0 Å². The summed E-state index contributed by atoms with van der Waals surface area (Å²) in [6, 6.07) is -0.388. The van der Waals surface area contributed by atoms with Crippen LogP contribution < -0.4 is 27.0 Å². The second-order valence-corrected chi connectivity index (χ2v) is 14.4. The molecule has 6 amide bonds. The molecule has 1 aliphatic heterocycles. The number of carboxylic acids is 1. The Hall–Kier alpha value is -5.61. The lowest BCUT2D eigenvalue weighted by Gasteiger charge is -2.33. The topological polar surface area (TPSA) is 260 Å². The Labute approximate surface area is 318 Å². The van der Waals surface area contributed by atoms with Gasteiger partial charge in [0.05, 0.1) is 24.8 Å². The number of ether oxygens (including phenoxy) is 1. The molecule has 1 aromatic rings. The van der Waals surface area contributed by atoms with Crippen LogP contribution in [-0.2, 0) is 38.3 Å². The molecule has 0 radical (unpaired) electrons. The average molecular weight is 767 g/mol. The molecule has 5 atom stereocenters. The molecule has 3 aliphatic rings. The zero-order chi connectivity index (χ0) is 40.2. The van der Waals surface area contributed by atoms with Crippen molar-refractivity contribution < 1.29 is 53.0 Å². The lowest BCUT2D eigenvalue weighted by molar-refractivity contribution is -0.143. The number of carbonyl (C=O) groups is 9. The summed E-state index contributed by atoms with van der Waals surface area (Å²) in [6.07, 6.45) is 7.99. The summed E-state index contributed by atoms with van der Waals surface area (Å²) < 4.78 is 4.59. The third kappa shape index (κ3) is 11.9. The monoisotopic (exact) mass is 766 g/mol. The summed E-state index contributed by atoms with van der Waals surface area (Å²) in [5.74, 6) is -6.99. The summed E-state index contributed by atoms with van der Waals surface area (Å²) in [6.45, 7) is 1.02. The molecule has 17 nitrogen and oxygen atoms in total. The third-order valence-electron chi connectivity index (χ3n) is 10.2. The van der Waals surface area contributed by atoms with E-state index in [1.807, 2.05) is 0 Å². The average Bonchev–Trinajstić information content (AvgIpc) is 3.90. The van der Waals surface area contributed by atoms with Gasteiger partial charge in [0, 0.05) is 12.5 Å². The number of nitrogens with two attached hydrogens (primary N) is 1. The molecule has 0 spiro atoms. The van der Waals surface area contributed by atoms with Crippen LogP contribution in [0.5, 0.6) is 0 Å². The molecular formula is C38H50N6O11. The van der Waals surface area contributed by atoms with Gasteiger partial charge in [-0.15, -0.1) is 0 Å². The molecule has 2 saturated carbocycles. The van der Waals surface area contributed by atoms with Crippen LogP contribution in [0, 0.1) is 11.8 Å². The van der Waals surface area contributed by atoms with Crippen molar-refractivity contribution in [2.45, 2.75) is 108 Å². The number of likely N-dealkylation sites (tertiary alicyclic amines) is 1. The number of benzene rings is 1. The number of Topliss-reactive ketones (excluding diaryl/α,β-unsaturated/α-hetero) is 1. The fourth-order valence-corrected chi connectivity index (χ4v) is 6.91.